The Hall–Kier alpha value is -4.39. The lowest BCUT2D eigenvalue weighted by Crippen LogP contribution is -2.20. The second-order valence-corrected chi connectivity index (χ2v) is 9.10. The highest BCUT2D eigenvalue weighted by atomic mass is 16.5. The molecule has 4 rings (SSSR count). The van der Waals surface area contributed by atoms with Gasteiger partial charge in [0.15, 0.2) is 17.3 Å². The van der Waals surface area contributed by atoms with Gasteiger partial charge in [-0.2, -0.15) is 9.78 Å². The Morgan fingerprint density at radius 1 is 1.11 bits per heavy atom. The molecule has 0 amide bonds. The molecule has 1 aromatic heterocycles. The second-order valence-electron chi connectivity index (χ2n) is 9.10. The number of benzene rings is 3. The number of hydrogen-bond acceptors (Lipinski definition) is 6. The number of allylic oxidation sites excluding steroid dienone is 1. The van der Waals surface area contributed by atoms with Crippen LogP contribution < -0.4 is 15.0 Å². The van der Waals surface area contributed by atoms with Gasteiger partial charge in [0.05, 0.1) is 31.3 Å². The van der Waals surface area contributed by atoms with E-state index in [4.69, 9.17) is 14.5 Å². The first-order valence-corrected chi connectivity index (χ1v) is 12.0. The number of phenols is 1. The minimum absolute atomic E-state index is 0.0554. The third kappa shape index (κ3) is 4.98. The average molecular weight is 498 g/mol. The van der Waals surface area contributed by atoms with Gasteiger partial charge in [0.25, 0.3) is 5.56 Å². The smallest absolute Gasteiger partial charge is 0.282 e. The molecule has 0 unspecified atom stereocenters. The number of methoxy groups -OCH3 is 2. The van der Waals surface area contributed by atoms with E-state index in [2.05, 4.69) is 25.5 Å². The third-order valence-corrected chi connectivity index (χ3v) is 6.28. The predicted molar refractivity (Wildman–Crippen MR) is 148 cm³/mol. The highest BCUT2D eigenvalue weighted by molar-refractivity contribution is 5.83. The van der Waals surface area contributed by atoms with Crippen molar-refractivity contribution in [1.29, 1.82) is 0 Å². The molecule has 1 N–H and O–H groups in total. The summed E-state index contributed by atoms with van der Waals surface area (Å²) < 4.78 is 12.3. The van der Waals surface area contributed by atoms with Gasteiger partial charge in [-0.3, -0.25) is 4.79 Å². The maximum absolute atomic E-state index is 13.7. The highest BCUT2D eigenvalue weighted by Gasteiger charge is 2.18. The molecule has 37 heavy (non-hydrogen) atoms. The van der Waals surface area contributed by atoms with Gasteiger partial charge in [-0.05, 0) is 72.4 Å². The molecule has 0 aliphatic rings. The van der Waals surface area contributed by atoms with Crippen LogP contribution in [0.5, 0.6) is 17.2 Å². The molecule has 0 spiro atoms. The molecular weight excluding hydrogens is 466 g/mol. The molecule has 0 aliphatic carbocycles. The fraction of sp³-hybridized carbons (Fsp3) is 0.233. The van der Waals surface area contributed by atoms with Crippen molar-refractivity contribution in [1.82, 2.24) is 9.66 Å². The quantitative estimate of drug-likeness (QED) is 0.245. The summed E-state index contributed by atoms with van der Waals surface area (Å²) in [5.74, 6) is 1.79. The number of phenolic OH excluding ortho intramolecular Hbond substituents is 1. The van der Waals surface area contributed by atoms with Gasteiger partial charge >= 0.3 is 0 Å². The summed E-state index contributed by atoms with van der Waals surface area (Å²) in [6.07, 6.45) is 3.72. The van der Waals surface area contributed by atoms with Crippen LogP contribution in [0.4, 0.5) is 0 Å². The van der Waals surface area contributed by atoms with Crippen molar-refractivity contribution in [2.75, 3.05) is 14.2 Å². The van der Waals surface area contributed by atoms with Crippen LogP contribution >= 0.6 is 0 Å². The fourth-order valence-corrected chi connectivity index (χ4v) is 4.33. The summed E-state index contributed by atoms with van der Waals surface area (Å²) in [4.78, 5) is 18.5. The zero-order valence-electron chi connectivity index (χ0n) is 21.8. The summed E-state index contributed by atoms with van der Waals surface area (Å²) >= 11 is 0. The van der Waals surface area contributed by atoms with Gasteiger partial charge in [-0.15, -0.1) is 6.58 Å². The number of hydrogen-bond donors (Lipinski definition) is 1. The summed E-state index contributed by atoms with van der Waals surface area (Å²) in [5, 5.41) is 15.5. The molecule has 0 atom stereocenters. The van der Waals surface area contributed by atoms with Gasteiger partial charge in [0, 0.05) is 11.1 Å². The number of aryl methyl sites for hydroxylation is 1. The Balaban J connectivity index is 1.97. The van der Waals surface area contributed by atoms with Gasteiger partial charge in [0.1, 0.15) is 5.75 Å². The largest absolute Gasteiger partial charge is 0.504 e. The highest BCUT2D eigenvalue weighted by Crippen LogP contribution is 2.34. The molecule has 0 aliphatic heterocycles. The molecule has 0 radical (unpaired) electrons. The lowest BCUT2D eigenvalue weighted by atomic mass is 9.96. The monoisotopic (exact) mass is 497 g/mol. The van der Waals surface area contributed by atoms with Crippen molar-refractivity contribution in [2.24, 2.45) is 5.10 Å². The first kappa shape index (κ1) is 25.7. The summed E-state index contributed by atoms with van der Waals surface area (Å²) in [5.41, 5.74) is 4.33. The van der Waals surface area contributed by atoms with Gasteiger partial charge in [0.2, 0.25) is 0 Å². The number of nitrogens with zero attached hydrogens (tertiary/aromatic N) is 3. The molecule has 4 aromatic rings. The Labute approximate surface area is 216 Å². The molecule has 190 valence electrons. The standard InChI is InChI=1S/C30H31N3O4/c1-7-10-21-14-20(15-27(37-6)28(21)34)17-31-33-29(32-25-12-9-8-11-22(25)30(33)35)24-16-23(18(2)3)26(36-5)13-19(24)4/h7-9,11-18,34H,1,10H2,2-6H3. The zero-order valence-corrected chi connectivity index (χ0v) is 21.8. The van der Waals surface area contributed by atoms with E-state index >= 15 is 0 Å². The van der Waals surface area contributed by atoms with E-state index in [1.807, 2.05) is 31.2 Å². The van der Waals surface area contributed by atoms with Crippen LogP contribution in [0.1, 0.15) is 42.0 Å². The number of aromatic hydroxyl groups is 1. The van der Waals surface area contributed by atoms with E-state index in [9.17, 15) is 9.90 Å². The Morgan fingerprint density at radius 3 is 2.51 bits per heavy atom. The van der Waals surface area contributed by atoms with Crippen LogP contribution in [0.3, 0.4) is 0 Å². The first-order chi connectivity index (χ1) is 17.8. The van der Waals surface area contributed by atoms with Gasteiger partial charge in [-0.1, -0.05) is 32.1 Å². The molecule has 0 saturated heterocycles. The Kier molecular flexibility index (Phi) is 7.43. The van der Waals surface area contributed by atoms with Crippen molar-refractivity contribution in [3.05, 3.63) is 93.8 Å². The lowest BCUT2D eigenvalue weighted by Gasteiger charge is -2.17. The van der Waals surface area contributed by atoms with E-state index in [1.54, 1.807) is 43.7 Å². The van der Waals surface area contributed by atoms with E-state index in [0.717, 1.165) is 22.4 Å². The van der Waals surface area contributed by atoms with E-state index < -0.39 is 0 Å². The van der Waals surface area contributed by atoms with Crippen LogP contribution in [0.2, 0.25) is 0 Å². The first-order valence-electron chi connectivity index (χ1n) is 12.0. The number of para-hydroxylation sites is 1. The summed E-state index contributed by atoms with van der Waals surface area (Å²) in [7, 11) is 3.14. The molecule has 0 saturated carbocycles. The third-order valence-electron chi connectivity index (χ3n) is 6.28. The van der Waals surface area contributed by atoms with Crippen molar-refractivity contribution < 1.29 is 14.6 Å². The van der Waals surface area contributed by atoms with Crippen molar-refractivity contribution in [3.8, 4) is 28.6 Å². The lowest BCUT2D eigenvalue weighted by molar-refractivity contribution is 0.371. The van der Waals surface area contributed by atoms with Crippen molar-refractivity contribution in [2.45, 2.75) is 33.1 Å². The maximum Gasteiger partial charge on any atom is 0.282 e. The number of rotatable bonds is 8. The topological polar surface area (TPSA) is 85.9 Å². The van der Waals surface area contributed by atoms with Crippen molar-refractivity contribution >= 4 is 17.1 Å². The molecule has 7 heteroatoms. The van der Waals surface area contributed by atoms with Crippen LogP contribution in [0, 0.1) is 6.92 Å². The van der Waals surface area contributed by atoms with Crippen molar-refractivity contribution in [3.63, 3.8) is 0 Å². The van der Waals surface area contributed by atoms with E-state index in [-0.39, 0.29) is 17.2 Å². The van der Waals surface area contributed by atoms with E-state index in [1.165, 1.54) is 11.8 Å². The van der Waals surface area contributed by atoms with Crippen LogP contribution in [-0.2, 0) is 6.42 Å². The number of aromatic nitrogens is 2. The van der Waals surface area contributed by atoms with E-state index in [0.29, 0.717) is 40.0 Å². The maximum atomic E-state index is 13.7. The van der Waals surface area contributed by atoms with Crippen LogP contribution in [0.15, 0.2) is 71.1 Å². The normalized spacial score (nSPS) is 11.4. The average Bonchev–Trinajstić information content (AvgIpc) is 2.89. The number of fused-ring (bicyclic) bond motifs is 1. The second kappa shape index (κ2) is 10.7. The molecule has 7 nitrogen and oxygen atoms in total. The SMILES string of the molecule is C=CCc1cc(C=Nn2c(-c3cc(C(C)C)c(OC)cc3C)nc3ccccc3c2=O)cc(OC)c1O. The summed E-state index contributed by atoms with van der Waals surface area (Å²) in [6, 6.07) is 14.7. The summed E-state index contributed by atoms with van der Waals surface area (Å²) in [6.45, 7) is 9.90. The zero-order chi connectivity index (χ0) is 26.7. The molecule has 3 aromatic carbocycles. The number of ether oxygens (including phenoxy) is 2. The molecular formula is C30H31N3O4. The van der Waals surface area contributed by atoms with Gasteiger partial charge in [-0.25, -0.2) is 4.98 Å². The van der Waals surface area contributed by atoms with Crippen LogP contribution in [0.25, 0.3) is 22.3 Å². The Morgan fingerprint density at radius 2 is 1.84 bits per heavy atom. The predicted octanol–water partition coefficient (Wildman–Crippen LogP) is 5.83. The van der Waals surface area contributed by atoms with Gasteiger partial charge < -0.3 is 14.6 Å². The molecule has 0 bridgehead atoms. The minimum atomic E-state index is -0.282. The molecule has 1 heterocycles. The van der Waals surface area contributed by atoms with Crippen LogP contribution in [-0.4, -0.2) is 35.2 Å². The Bertz CT molecular complexity index is 1570. The minimum Gasteiger partial charge on any atom is -0.504 e. The fourth-order valence-electron chi connectivity index (χ4n) is 4.33. The molecule has 0 fully saturated rings.